The molecule has 106 valence electrons. The highest BCUT2D eigenvalue weighted by molar-refractivity contribution is 6.29. The van der Waals surface area contributed by atoms with Crippen molar-refractivity contribution in [3.05, 3.63) is 22.8 Å². The topological polar surface area (TPSA) is 63.2 Å². The zero-order valence-corrected chi connectivity index (χ0v) is 12.4. The van der Waals surface area contributed by atoms with Crippen molar-refractivity contribution in [1.29, 1.82) is 0 Å². The lowest BCUT2D eigenvalue weighted by atomic mass is 10.0. The number of aromatic nitrogens is 1. The van der Waals surface area contributed by atoms with Gasteiger partial charge in [-0.05, 0) is 18.1 Å². The van der Waals surface area contributed by atoms with Gasteiger partial charge in [0.2, 0.25) is 0 Å². The molecule has 2 N–H and O–H groups in total. The molecule has 19 heavy (non-hydrogen) atoms. The van der Waals surface area contributed by atoms with Crippen LogP contribution in [0.25, 0.3) is 0 Å². The van der Waals surface area contributed by atoms with Crippen LogP contribution >= 0.6 is 11.6 Å². The molecule has 1 rings (SSSR count). The zero-order valence-electron chi connectivity index (χ0n) is 11.7. The average molecular weight is 286 g/mol. The summed E-state index contributed by atoms with van der Waals surface area (Å²) in [6.45, 7) is 4.53. The van der Waals surface area contributed by atoms with Crippen LogP contribution in [0.2, 0.25) is 5.15 Å². The predicted octanol–water partition coefficient (Wildman–Crippen LogP) is 2.18. The minimum absolute atomic E-state index is 0.0394. The first-order chi connectivity index (χ1) is 8.97. The van der Waals surface area contributed by atoms with Gasteiger partial charge in [0.05, 0.1) is 12.6 Å². The molecule has 0 aliphatic rings. The van der Waals surface area contributed by atoms with E-state index in [4.69, 9.17) is 16.3 Å². The Labute approximate surface area is 118 Å². The third-order valence-electron chi connectivity index (χ3n) is 2.78. The van der Waals surface area contributed by atoms with Gasteiger partial charge in [0.25, 0.3) is 5.91 Å². The Kier molecular flexibility index (Phi) is 6.05. The summed E-state index contributed by atoms with van der Waals surface area (Å²) in [5, 5.41) is 6.08. The number of methoxy groups -OCH3 is 1. The van der Waals surface area contributed by atoms with Gasteiger partial charge in [0.15, 0.2) is 0 Å². The highest BCUT2D eigenvalue weighted by Crippen LogP contribution is 2.14. The van der Waals surface area contributed by atoms with Crippen molar-refractivity contribution in [2.45, 2.75) is 19.9 Å². The standard InChI is InChI=1S/C13H20ClN3O2/c1-8(2)10(7-19-4)16-13(18)9-5-11(14)17-12(6-9)15-3/h5-6,8,10H,7H2,1-4H3,(H,15,17)(H,16,18). The van der Waals surface area contributed by atoms with E-state index in [1.165, 1.54) is 0 Å². The van der Waals surface area contributed by atoms with Crippen LogP contribution in [-0.4, -0.2) is 37.7 Å². The number of hydrogen-bond acceptors (Lipinski definition) is 4. The van der Waals surface area contributed by atoms with E-state index in [2.05, 4.69) is 15.6 Å². The molecule has 0 fully saturated rings. The molecule has 1 aromatic heterocycles. The van der Waals surface area contributed by atoms with Gasteiger partial charge in [-0.15, -0.1) is 0 Å². The summed E-state index contributed by atoms with van der Waals surface area (Å²) in [6.07, 6.45) is 0. The maximum Gasteiger partial charge on any atom is 0.251 e. The van der Waals surface area contributed by atoms with E-state index in [-0.39, 0.29) is 23.0 Å². The maximum absolute atomic E-state index is 12.2. The Morgan fingerprint density at radius 2 is 2.16 bits per heavy atom. The van der Waals surface area contributed by atoms with Gasteiger partial charge in [0.1, 0.15) is 11.0 Å². The minimum atomic E-state index is -0.184. The molecule has 0 radical (unpaired) electrons. The van der Waals surface area contributed by atoms with Crippen LogP contribution in [0.1, 0.15) is 24.2 Å². The van der Waals surface area contributed by atoms with Crippen LogP contribution in [0.3, 0.4) is 0 Å². The zero-order chi connectivity index (χ0) is 14.4. The second-order valence-electron chi connectivity index (χ2n) is 4.59. The average Bonchev–Trinajstić information content (AvgIpc) is 2.37. The highest BCUT2D eigenvalue weighted by Gasteiger charge is 2.17. The molecule has 0 saturated carbocycles. The highest BCUT2D eigenvalue weighted by atomic mass is 35.5. The SMILES string of the molecule is CNc1cc(C(=O)NC(COC)C(C)C)cc(Cl)n1. The van der Waals surface area contributed by atoms with Crippen molar-refractivity contribution in [3.8, 4) is 0 Å². The quantitative estimate of drug-likeness (QED) is 0.787. The van der Waals surface area contributed by atoms with Crippen molar-refractivity contribution in [3.63, 3.8) is 0 Å². The first-order valence-corrected chi connectivity index (χ1v) is 6.50. The molecule has 6 heteroatoms. The summed E-state index contributed by atoms with van der Waals surface area (Å²) in [4.78, 5) is 16.2. The van der Waals surface area contributed by atoms with Crippen molar-refractivity contribution < 1.29 is 9.53 Å². The van der Waals surface area contributed by atoms with Crippen molar-refractivity contribution in [1.82, 2.24) is 10.3 Å². The summed E-state index contributed by atoms with van der Waals surface area (Å²) >= 11 is 5.88. The van der Waals surface area contributed by atoms with E-state index in [1.54, 1.807) is 26.3 Å². The van der Waals surface area contributed by atoms with E-state index >= 15 is 0 Å². The number of halogens is 1. The molecule has 0 bridgehead atoms. The van der Waals surface area contributed by atoms with Gasteiger partial charge in [-0.2, -0.15) is 0 Å². The summed E-state index contributed by atoms with van der Waals surface area (Å²) in [5.74, 6) is 0.659. The van der Waals surface area contributed by atoms with E-state index in [9.17, 15) is 4.79 Å². The normalized spacial score (nSPS) is 12.3. The van der Waals surface area contributed by atoms with E-state index in [0.29, 0.717) is 18.0 Å². The number of carbonyl (C=O) groups is 1. The Bertz CT molecular complexity index is 438. The molecule has 0 aromatic carbocycles. The summed E-state index contributed by atoms with van der Waals surface area (Å²) in [5.41, 5.74) is 0.478. The fourth-order valence-corrected chi connectivity index (χ4v) is 1.80. The lowest BCUT2D eigenvalue weighted by molar-refractivity contribution is 0.0866. The lowest BCUT2D eigenvalue weighted by Gasteiger charge is -2.21. The monoisotopic (exact) mass is 285 g/mol. The molecule has 5 nitrogen and oxygen atoms in total. The summed E-state index contributed by atoms with van der Waals surface area (Å²) in [6, 6.07) is 3.16. The van der Waals surface area contributed by atoms with Gasteiger partial charge >= 0.3 is 0 Å². The van der Waals surface area contributed by atoms with Crippen LogP contribution in [0, 0.1) is 5.92 Å². The van der Waals surface area contributed by atoms with Gasteiger partial charge < -0.3 is 15.4 Å². The molecule has 1 atom stereocenters. The largest absolute Gasteiger partial charge is 0.383 e. The molecule has 1 unspecified atom stereocenters. The third-order valence-corrected chi connectivity index (χ3v) is 2.97. The Morgan fingerprint density at radius 1 is 1.47 bits per heavy atom. The van der Waals surface area contributed by atoms with Crippen molar-refractivity contribution in [2.24, 2.45) is 5.92 Å². The number of ether oxygens (including phenoxy) is 1. The molecule has 0 saturated heterocycles. The smallest absolute Gasteiger partial charge is 0.251 e. The van der Waals surface area contributed by atoms with Crippen LogP contribution < -0.4 is 10.6 Å². The van der Waals surface area contributed by atoms with Crippen molar-refractivity contribution in [2.75, 3.05) is 26.1 Å². The molecule has 0 aliphatic heterocycles. The summed E-state index contributed by atoms with van der Waals surface area (Å²) < 4.78 is 5.11. The first kappa shape index (κ1) is 15.7. The molecule has 1 heterocycles. The Morgan fingerprint density at radius 3 is 2.68 bits per heavy atom. The molecule has 1 amide bonds. The van der Waals surface area contributed by atoms with Gasteiger partial charge in [-0.25, -0.2) is 4.98 Å². The number of rotatable bonds is 6. The number of amides is 1. The number of carbonyl (C=O) groups excluding carboxylic acids is 1. The van der Waals surface area contributed by atoms with Crippen LogP contribution in [0.4, 0.5) is 5.82 Å². The van der Waals surface area contributed by atoms with Crippen LogP contribution in [0.5, 0.6) is 0 Å². The maximum atomic E-state index is 12.2. The van der Waals surface area contributed by atoms with Crippen LogP contribution in [0.15, 0.2) is 12.1 Å². The molecular weight excluding hydrogens is 266 g/mol. The molecule has 1 aromatic rings. The van der Waals surface area contributed by atoms with Gasteiger partial charge in [-0.1, -0.05) is 25.4 Å². The fraction of sp³-hybridized carbons (Fsp3) is 0.538. The minimum Gasteiger partial charge on any atom is -0.383 e. The fourth-order valence-electron chi connectivity index (χ4n) is 1.59. The second kappa shape index (κ2) is 7.31. The molecule has 0 aliphatic carbocycles. The molecule has 0 spiro atoms. The van der Waals surface area contributed by atoms with Gasteiger partial charge in [0, 0.05) is 19.7 Å². The predicted molar refractivity (Wildman–Crippen MR) is 76.8 cm³/mol. The Balaban J connectivity index is 2.84. The number of pyridine rings is 1. The number of nitrogens with one attached hydrogen (secondary N) is 2. The van der Waals surface area contributed by atoms with E-state index in [0.717, 1.165) is 0 Å². The van der Waals surface area contributed by atoms with E-state index in [1.807, 2.05) is 13.8 Å². The van der Waals surface area contributed by atoms with E-state index < -0.39 is 0 Å². The summed E-state index contributed by atoms with van der Waals surface area (Å²) in [7, 11) is 3.34. The number of nitrogens with zero attached hydrogens (tertiary/aromatic N) is 1. The number of anilines is 1. The Hall–Kier alpha value is -1.33. The first-order valence-electron chi connectivity index (χ1n) is 6.13. The third kappa shape index (κ3) is 4.69. The van der Waals surface area contributed by atoms with Gasteiger partial charge in [-0.3, -0.25) is 4.79 Å². The van der Waals surface area contributed by atoms with Crippen LogP contribution in [-0.2, 0) is 4.74 Å². The number of hydrogen-bond donors (Lipinski definition) is 2. The lowest BCUT2D eigenvalue weighted by Crippen LogP contribution is -2.41. The second-order valence-corrected chi connectivity index (χ2v) is 4.98. The van der Waals surface area contributed by atoms with Crippen molar-refractivity contribution >= 4 is 23.3 Å². The molecular formula is C13H20ClN3O2.